The molecular weight excluding hydrogens is 304 g/mol. The largest absolute Gasteiger partial charge is 0.341 e. The molecule has 2 aromatic heterocycles. The lowest BCUT2D eigenvalue weighted by Gasteiger charge is -2.20. The number of amides is 1. The average molecular weight is 324 g/mol. The Bertz CT molecular complexity index is 642. The Morgan fingerprint density at radius 1 is 1.57 bits per heavy atom. The van der Waals surface area contributed by atoms with Crippen molar-refractivity contribution in [2.45, 2.75) is 39.8 Å². The number of carbonyl (C=O) groups is 1. The highest BCUT2D eigenvalue weighted by Gasteiger charge is 2.22. The van der Waals surface area contributed by atoms with Gasteiger partial charge in [-0.05, 0) is 42.9 Å². The zero-order valence-corrected chi connectivity index (χ0v) is 14.1. The molecule has 2 heterocycles. The minimum atomic E-state index is -0.146. The summed E-state index contributed by atoms with van der Waals surface area (Å²) in [6.07, 6.45) is 0.816. The smallest absolute Gasteiger partial charge is 0.261 e. The lowest BCUT2D eigenvalue weighted by molar-refractivity contribution is 0.0933. The standard InChI is InChI=1S/C14H20N4OS2/c1-4-18-12(16-17-14(18)20)10(8-9(2)3)15-13(19)11-6-5-7-21-11/h5-7,9-10H,4,8H2,1-3H3,(H,15,19)(H,17,20)/t10-/m0/s1. The Morgan fingerprint density at radius 3 is 2.90 bits per heavy atom. The highest BCUT2D eigenvalue weighted by atomic mass is 32.1. The van der Waals surface area contributed by atoms with Gasteiger partial charge in [-0.2, -0.15) is 5.10 Å². The summed E-state index contributed by atoms with van der Waals surface area (Å²) in [4.78, 5) is 13.0. The number of H-pyrrole nitrogens is 1. The fourth-order valence-corrected chi connectivity index (χ4v) is 3.13. The Labute approximate surface area is 133 Å². The van der Waals surface area contributed by atoms with Crippen LogP contribution in [-0.2, 0) is 6.54 Å². The van der Waals surface area contributed by atoms with Gasteiger partial charge < -0.3 is 9.88 Å². The number of thiophene rings is 1. The van der Waals surface area contributed by atoms with Crippen LogP contribution in [0, 0.1) is 10.7 Å². The molecule has 1 atom stereocenters. The minimum Gasteiger partial charge on any atom is -0.341 e. The maximum absolute atomic E-state index is 12.3. The molecule has 0 aliphatic rings. The number of carbonyl (C=O) groups excluding carboxylic acids is 1. The molecule has 2 rings (SSSR count). The van der Waals surface area contributed by atoms with Crippen molar-refractivity contribution in [3.63, 3.8) is 0 Å². The first kappa shape index (κ1) is 15.9. The third kappa shape index (κ3) is 3.79. The SMILES string of the molecule is CCn1c([C@H](CC(C)C)NC(=O)c2cccs2)n[nH]c1=S. The molecule has 0 spiro atoms. The van der Waals surface area contributed by atoms with Gasteiger partial charge in [0, 0.05) is 6.54 Å². The molecule has 2 N–H and O–H groups in total. The Hall–Kier alpha value is -1.47. The molecule has 0 aliphatic heterocycles. The summed E-state index contributed by atoms with van der Waals surface area (Å²) < 4.78 is 2.52. The summed E-state index contributed by atoms with van der Waals surface area (Å²) in [6.45, 7) is 7.00. The van der Waals surface area contributed by atoms with Crippen molar-refractivity contribution < 1.29 is 4.79 Å². The molecule has 5 nitrogen and oxygen atoms in total. The van der Waals surface area contributed by atoms with E-state index in [9.17, 15) is 4.79 Å². The van der Waals surface area contributed by atoms with Crippen molar-refractivity contribution >= 4 is 29.5 Å². The number of aromatic amines is 1. The Morgan fingerprint density at radius 2 is 2.33 bits per heavy atom. The van der Waals surface area contributed by atoms with Crippen molar-refractivity contribution in [2.24, 2.45) is 5.92 Å². The molecule has 0 unspecified atom stereocenters. The first-order chi connectivity index (χ1) is 10.0. The highest BCUT2D eigenvalue weighted by Crippen LogP contribution is 2.21. The van der Waals surface area contributed by atoms with Gasteiger partial charge in [-0.25, -0.2) is 0 Å². The molecule has 1 amide bonds. The van der Waals surface area contributed by atoms with Crippen LogP contribution in [0.3, 0.4) is 0 Å². The van der Waals surface area contributed by atoms with E-state index in [2.05, 4.69) is 29.4 Å². The highest BCUT2D eigenvalue weighted by molar-refractivity contribution is 7.71. The Kier molecular flexibility index (Phi) is 5.30. The quantitative estimate of drug-likeness (QED) is 0.799. The second-order valence-electron chi connectivity index (χ2n) is 5.26. The van der Waals surface area contributed by atoms with Gasteiger partial charge in [-0.15, -0.1) is 11.3 Å². The second-order valence-corrected chi connectivity index (χ2v) is 6.60. The van der Waals surface area contributed by atoms with Gasteiger partial charge in [0.15, 0.2) is 10.6 Å². The van der Waals surface area contributed by atoms with E-state index in [1.807, 2.05) is 29.0 Å². The molecule has 2 aromatic rings. The predicted octanol–water partition coefficient (Wildman–Crippen LogP) is 3.54. The number of nitrogens with zero attached hydrogens (tertiary/aromatic N) is 2. The van der Waals surface area contributed by atoms with Crippen molar-refractivity contribution in [1.82, 2.24) is 20.1 Å². The summed E-state index contributed by atoms with van der Waals surface area (Å²) >= 11 is 6.67. The lowest BCUT2D eigenvalue weighted by Crippen LogP contribution is -2.31. The second kappa shape index (κ2) is 7.00. The lowest BCUT2D eigenvalue weighted by atomic mass is 10.0. The molecular formula is C14H20N4OS2. The van der Waals surface area contributed by atoms with Crippen molar-refractivity contribution in [3.8, 4) is 0 Å². The summed E-state index contributed by atoms with van der Waals surface area (Å²) in [5.74, 6) is 1.17. The van der Waals surface area contributed by atoms with Crippen molar-refractivity contribution in [1.29, 1.82) is 0 Å². The molecule has 7 heteroatoms. The summed E-state index contributed by atoms with van der Waals surface area (Å²) in [6, 6.07) is 3.55. The van der Waals surface area contributed by atoms with Gasteiger partial charge in [0.1, 0.15) is 0 Å². The van der Waals surface area contributed by atoms with Crippen LogP contribution < -0.4 is 5.32 Å². The monoisotopic (exact) mass is 324 g/mol. The molecule has 0 saturated heterocycles. The van der Waals surface area contributed by atoms with Gasteiger partial charge in [0.2, 0.25) is 0 Å². The van der Waals surface area contributed by atoms with E-state index in [0.717, 1.165) is 18.8 Å². The summed E-state index contributed by atoms with van der Waals surface area (Å²) in [5.41, 5.74) is 0. The van der Waals surface area contributed by atoms with Crippen LogP contribution in [0.15, 0.2) is 17.5 Å². The first-order valence-electron chi connectivity index (χ1n) is 7.02. The fraction of sp³-hybridized carbons (Fsp3) is 0.500. The molecule has 0 aromatic carbocycles. The Balaban J connectivity index is 2.26. The van der Waals surface area contributed by atoms with Gasteiger partial charge in [0.25, 0.3) is 5.91 Å². The van der Waals surface area contributed by atoms with Crippen LogP contribution in [0.1, 0.15) is 48.7 Å². The van der Waals surface area contributed by atoms with Crippen molar-refractivity contribution in [3.05, 3.63) is 33.0 Å². The summed E-state index contributed by atoms with van der Waals surface area (Å²) in [7, 11) is 0. The molecule has 0 radical (unpaired) electrons. The van der Waals surface area contributed by atoms with E-state index in [1.54, 1.807) is 0 Å². The topological polar surface area (TPSA) is 62.7 Å². The molecule has 0 aliphatic carbocycles. The maximum atomic E-state index is 12.3. The average Bonchev–Trinajstić information content (AvgIpc) is 3.06. The predicted molar refractivity (Wildman–Crippen MR) is 87.1 cm³/mol. The summed E-state index contributed by atoms with van der Waals surface area (Å²) in [5, 5.41) is 12.1. The third-order valence-electron chi connectivity index (χ3n) is 3.17. The number of nitrogens with one attached hydrogen (secondary N) is 2. The van der Waals surface area contributed by atoms with Crippen LogP contribution in [0.2, 0.25) is 0 Å². The number of hydrogen-bond donors (Lipinski definition) is 2. The normalized spacial score (nSPS) is 12.6. The van der Waals surface area contributed by atoms with Gasteiger partial charge >= 0.3 is 0 Å². The molecule has 21 heavy (non-hydrogen) atoms. The van der Waals surface area contributed by atoms with E-state index in [4.69, 9.17) is 12.2 Å². The first-order valence-corrected chi connectivity index (χ1v) is 8.31. The zero-order chi connectivity index (χ0) is 15.4. The van der Waals surface area contributed by atoms with Crippen LogP contribution in [-0.4, -0.2) is 20.7 Å². The molecule has 0 saturated carbocycles. The molecule has 0 bridgehead atoms. The third-order valence-corrected chi connectivity index (χ3v) is 4.35. The van der Waals surface area contributed by atoms with Crippen LogP contribution in [0.25, 0.3) is 0 Å². The van der Waals surface area contributed by atoms with E-state index in [-0.39, 0.29) is 11.9 Å². The maximum Gasteiger partial charge on any atom is 0.261 e. The van der Waals surface area contributed by atoms with Crippen LogP contribution in [0.4, 0.5) is 0 Å². The fourth-order valence-electron chi connectivity index (χ4n) is 2.24. The zero-order valence-electron chi connectivity index (χ0n) is 12.4. The van der Waals surface area contributed by atoms with E-state index < -0.39 is 0 Å². The van der Waals surface area contributed by atoms with Gasteiger partial charge in [-0.1, -0.05) is 19.9 Å². The van der Waals surface area contributed by atoms with Gasteiger partial charge in [-0.3, -0.25) is 9.89 Å². The molecule has 0 fully saturated rings. The van der Waals surface area contributed by atoms with E-state index in [1.165, 1.54) is 11.3 Å². The van der Waals surface area contributed by atoms with E-state index >= 15 is 0 Å². The molecule has 114 valence electrons. The minimum absolute atomic E-state index is 0.0628. The van der Waals surface area contributed by atoms with Crippen LogP contribution >= 0.6 is 23.6 Å². The van der Waals surface area contributed by atoms with Crippen LogP contribution in [0.5, 0.6) is 0 Å². The van der Waals surface area contributed by atoms with Crippen molar-refractivity contribution in [2.75, 3.05) is 0 Å². The number of rotatable bonds is 6. The number of hydrogen-bond acceptors (Lipinski definition) is 4. The van der Waals surface area contributed by atoms with Gasteiger partial charge in [0.05, 0.1) is 10.9 Å². The number of aromatic nitrogens is 3. The van der Waals surface area contributed by atoms with E-state index in [0.29, 0.717) is 15.6 Å².